The van der Waals surface area contributed by atoms with Gasteiger partial charge in [0.25, 0.3) is 11.8 Å². The van der Waals surface area contributed by atoms with Crippen LogP contribution in [-0.2, 0) is 9.53 Å². The molecule has 0 saturated carbocycles. The molecule has 2 fully saturated rings. The van der Waals surface area contributed by atoms with Gasteiger partial charge < -0.3 is 19.9 Å². The number of hydrogen-bond donors (Lipinski definition) is 1. The summed E-state index contributed by atoms with van der Waals surface area (Å²) in [6, 6.07) is 14.0. The molecule has 2 aromatic rings. The van der Waals surface area contributed by atoms with Crippen molar-refractivity contribution in [2.45, 2.75) is 12.8 Å². The maximum atomic E-state index is 12.7. The van der Waals surface area contributed by atoms with Crippen LogP contribution in [0, 0.1) is 0 Å². The van der Waals surface area contributed by atoms with Crippen LogP contribution < -0.4 is 10.2 Å². The third-order valence-corrected chi connectivity index (χ3v) is 5.16. The number of benzene rings is 2. The maximum absolute atomic E-state index is 12.7. The molecule has 7 heteroatoms. The standard InChI is InChI=1S/C22H23N3O4/c26-20-8-3-9-25(20)19-7-2-4-16(15-19)21(27)23-18-6-1-5-17(14-18)22(28)24-10-12-29-13-11-24/h1-2,4-7,14-15H,3,8-13H2,(H,23,27). The minimum Gasteiger partial charge on any atom is -0.378 e. The molecule has 2 aromatic carbocycles. The Labute approximate surface area is 169 Å². The molecular formula is C22H23N3O4. The van der Waals surface area contributed by atoms with E-state index in [1.165, 1.54) is 0 Å². The van der Waals surface area contributed by atoms with Crippen molar-refractivity contribution in [3.05, 3.63) is 59.7 Å². The summed E-state index contributed by atoms with van der Waals surface area (Å²) >= 11 is 0. The first-order valence-corrected chi connectivity index (χ1v) is 9.81. The van der Waals surface area contributed by atoms with Crippen molar-refractivity contribution in [3.63, 3.8) is 0 Å². The van der Waals surface area contributed by atoms with Crippen LogP contribution in [0.15, 0.2) is 48.5 Å². The smallest absolute Gasteiger partial charge is 0.255 e. The van der Waals surface area contributed by atoms with Crippen LogP contribution in [0.2, 0.25) is 0 Å². The quantitative estimate of drug-likeness (QED) is 0.866. The van der Waals surface area contributed by atoms with Gasteiger partial charge in [0, 0.05) is 48.6 Å². The van der Waals surface area contributed by atoms with Crippen LogP contribution in [0.1, 0.15) is 33.6 Å². The van der Waals surface area contributed by atoms with Gasteiger partial charge in [-0.25, -0.2) is 0 Å². The predicted molar refractivity (Wildman–Crippen MR) is 109 cm³/mol. The molecule has 0 aliphatic carbocycles. The highest BCUT2D eigenvalue weighted by atomic mass is 16.5. The second-order valence-electron chi connectivity index (χ2n) is 7.14. The van der Waals surface area contributed by atoms with Crippen molar-refractivity contribution < 1.29 is 19.1 Å². The number of hydrogen-bond acceptors (Lipinski definition) is 4. The summed E-state index contributed by atoms with van der Waals surface area (Å²) in [5.41, 5.74) is 2.28. The van der Waals surface area contributed by atoms with Crippen LogP contribution in [-0.4, -0.2) is 55.5 Å². The average molecular weight is 393 g/mol. The third-order valence-electron chi connectivity index (χ3n) is 5.16. The van der Waals surface area contributed by atoms with Crippen LogP contribution in [0.25, 0.3) is 0 Å². The van der Waals surface area contributed by atoms with Gasteiger partial charge >= 0.3 is 0 Å². The monoisotopic (exact) mass is 393 g/mol. The summed E-state index contributed by atoms with van der Waals surface area (Å²) < 4.78 is 5.29. The van der Waals surface area contributed by atoms with E-state index in [-0.39, 0.29) is 17.7 Å². The third kappa shape index (κ3) is 4.30. The van der Waals surface area contributed by atoms with E-state index < -0.39 is 0 Å². The molecule has 2 aliphatic heterocycles. The fourth-order valence-electron chi connectivity index (χ4n) is 3.62. The van der Waals surface area contributed by atoms with Crippen LogP contribution >= 0.6 is 0 Å². The number of nitrogens with zero attached hydrogens (tertiary/aromatic N) is 2. The van der Waals surface area contributed by atoms with E-state index in [4.69, 9.17) is 4.74 Å². The molecule has 4 rings (SSSR count). The number of carbonyl (C=O) groups excluding carboxylic acids is 3. The zero-order chi connectivity index (χ0) is 20.2. The molecule has 2 aliphatic rings. The number of anilines is 2. The van der Waals surface area contributed by atoms with Crippen molar-refractivity contribution in [1.82, 2.24) is 4.90 Å². The molecule has 3 amide bonds. The molecule has 2 saturated heterocycles. The molecule has 150 valence electrons. The van der Waals surface area contributed by atoms with Gasteiger partial charge in [-0.2, -0.15) is 0 Å². The van der Waals surface area contributed by atoms with Crippen molar-refractivity contribution in [3.8, 4) is 0 Å². The molecule has 29 heavy (non-hydrogen) atoms. The van der Waals surface area contributed by atoms with E-state index in [2.05, 4.69) is 5.32 Å². The van der Waals surface area contributed by atoms with E-state index in [9.17, 15) is 14.4 Å². The molecule has 0 spiro atoms. The topological polar surface area (TPSA) is 79.0 Å². The summed E-state index contributed by atoms with van der Waals surface area (Å²) in [5, 5.41) is 2.85. The summed E-state index contributed by atoms with van der Waals surface area (Å²) in [5.74, 6) is -0.273. The molecule has 0 atom stereocenters. The maximum Gasteiger partial charge on any atom is 0.255 e. The van der Waals surface area contributed by atoms with Crippen molar-refractivity contribution >= 4 is 29.1 Å². The van der Waals surface area contributed by atoms with Crippen LogP contribution in [0.5, 0.6) is 0 Å². The highest BCUT2D eigenvalue weighted by molar-refractivity contribution is 6.06. The van der Waals surface area contributed by atoms with Gasteiger partial charge in [-0.15, -0.1) is 0 Å². The average Bonchev–Trinajstić information content (AvgIpc) is 3.20. The summed E-state index contributed by atoms with van der Waals surface area (Å²) in [4.78, 5) is 40.8. The Morgan fingerprint density at radius 1 is 0.931 bits per heavy atom. The lowest BCUT2D eigenvalue weighted by Crippen LogP contribution is -2.40. The first-order chi connectivity index (χ1) is 14.1. The lowest BCUT2D eigenvalue weighted by molar-refractivity contribution is -0.117. The van der Waals surface area contributed by atoms with Crippen molar-refractivity contribution in [2.24, 2.45) is 0 Å². The molecule has 0 radical (unpaired) electrons. The van der Waals surface area contributed by atoms with Crippen molar-refractivity contribution in [2.75, 3.05) is 43.1 Å². The molecular weight excluding hydrogens is 370 g/mol. The highest BCUT2D eigenvalue weighted by Gasteiger charge is 2.22. The SMILES string of the molecule is O=C(Nc1cccc(C(=O)N2CCOCC2)c1)c1cccc(N2CCCC2=O)c1. The van der Waals surface area contributed by atoms with Crippen LogP contribution in [0.4, 0.5) is 11.4 Å². The normalized spacial score (nSPS) is 16.8. The zero-order valence-electron chi connectivity index (χ0n) is 16.1. The zero-order valence-corrected chi connectivity index (χ0v) is 16.1. The second kappa shape index (κ2) is 8.45. The van der Waals surface area contributed by atoms with Gasteiger partial charge in [-0.05, 0) is 42.8 Å². The van der Waals surface area contributed by atoms with Gasteiger partial charge in [0.15, 0.2) is 0 Å². The van der Waals surface area contributed by atoms with Gasteiger partial charge in [-0.3, -0.25) is 14.4 Å². The molecule has 0 bridgehead atoms. The van der Waals surface area contributed by atoms with E-state index in [0.29, 0.717) is 56.1 Å². The van der Waals surface area contributed by atoms with Gasteiger partial charge in [0.1, 0.15) is 0 Å². The predicted octanol–water partition coefficient (Wildman–Crippen LogP) is 2.54. The van der Waals surface area contributed by atoms with Gasteiger partial charge in [0.05, 0.1) is 13.2 Å². The van der Waals surface area contributed by atoms with E-state index >= 15 is 0 Å². The van der Waals surface area contributed by atoms with E-state index in [1.54, 1.807) is 52.3 Å². The molecule has 7 nitrogen and oxygen atoms in total. The van der Waals surface area contributed by atoms with Gasteiger partial charge in [0.2, 0.25) is 5.91 Å². The fourth-order valence-corrected chi connectivity index (χ4v) is 3.62. The number of carbonyl (C=O) groups is 3. The van der Waals surface area contributed by atoms with Crippen molar-refractivity contribution in [1.29, 1.82) is 0 Å². The molecule has 1 N–H and O–H groups in total. The Kier molecular flexibility index (Phi) is 5.57. The van der Waals surface area contributed by atoms with Gasteiger partial charge in [-0.1, -0.05) is 12.1 Å². The lowest BCUT2D eigenvalue weighted by Gasteiger charge is -2.27. The molecule has 0 unspecified atom stereocenters. The summed E-state index contributed by atoms with van der Waals surface area (Å²) in [6.45, 7) is 2.89. The molecule has 2 heterocycles. The number of amides is 3. The Balaban J connectivity index is 1.47. The Morgan fingerprint density at radius 2 is 1.69 bits per heavy atom. The number of nitrogens with one attached hydrogen (secondary N) is 1. The highest BCUT2D eigenvalue weighted by Crippen LogP contribution is 2.23. The Bertz CT molecular complexity index is 937. The summed E-state index contributed by atoms with van der Waals surface area (Å²) in [6.07, 6.45) is 1.37. The Hall–Kier alpha value is -3.19. The first kappa shape index (κ1) is 19.1. The minimum absolute atomic E-state index is 0.0704. The minimum atomic E-state index is -0.283. The van der Waals surface area contributed by atoms with E-state index in [0.717, 1.165) is 12.1 Å². The summed E-state index contributed by atoms with van der Waals surface area (Å²) in [7, 11) is 0. The number of ether oxygens (including phenoxy) is 1. The lowest BCUT2D eigenvalue weighted by atomic mass is 10.1. The Morgan fingerprint density at radius 3 is 2.45 bits per heavy atom. The number of rotatable bonds is 4. The largest absolute Gasteiger partial charge is 0.378 e. The van der Waals surface area contributed by atoms with Crippen LogP contribution in [0.3, 0.4) is 0 Å². The second-order valence-corrected chi connectivity index (χ2v) is 7.14. The molecule has 0 aromatic heterocycles. The van der Waals surface area contributed by atoms with E-state index in [1.807, 2.05) is 6.07 Å². The first-order valence-electron chi connectivity index (χ1n) is 9.81. The fraction of sp³-hybridized carbons (Fsp3) is 0.318. The number of morpholine rings is 1.